The molecule has 1 aromatic heterocycles. The van der Waals surface area contributed by atoms with Crippen molar-refractivity contribution >= 4 is 33.4 Å². The Hall–Kier alpha value is -1.15. The molecular weight excluding hydrogens is 338 g/mol. The average Bonchev–Trinajstić information content (AvgIpc) is 2.89. The Bertz CT molecular complexity index is 754. The molecule has 1 aliphatic rings. The first-order valence-corrected chi connectivity index (χ1v) is 9.14. The van der Waals surface area contributed by atoms with E-state index in [4.69, 9.17) is 4.52 Å². The van der Waals surface area contributed by atoms with E-state index >= 15 is 0 Å². The fraction of sp³-hybridized carbons (Fsp3) is 0.533. The van der Waals surface area contributed by atoms with Crippen LogP contribution in [0.5, 0.6) is 0 Å². The number of para-hydroxylation sites is 1. The fourth-order valence-electron chi connectivity index (χ4n) is 2.83. The van der Waals surface area contributed by atoms with E-state index in [0.29, 0.717) is 17.8 Å². The molecule has 2 heterocycles. The normalized spacial score (nSPS) is 22.0. The van der Waals surface area contributed by atoms with Gasteiger partial charge in [0, 0.05) is 18.5 Å². The Labute approximate surface area is 142 Å². The Morgan fingerprint density at radius 3 is 2.91 bits per heavy atom. The molecule has 1 fully saturated rings. The topological polar surface area (TPSA) is 84.2 Å². The molecule has 3 rings (SSSR count). The monoisotopic (exact) mass is 359 g/mol. The Kier molecular flexibility index (Phi) is 5.67. The zero-order valence-corrected chi connectivity index (χ0v) is 14.7. The molecule has 1 unspecified atom stereocenters. The maximum atomic E-state index is 12.3. The highest BCUT2D eigenvalue weighted by Crippen LogP contribution is 2.25. The van der Waals surface area contributed by atoms with Gasteiger partial charge in [0.05, 0.1) is 0 Å². The van der Waals surface area contributed by atoms with Gasteiger partial charge in [0.25, 0.3) is 0 Å². The number of nitrogens with one attached hydrogen (secondary N) is 2. The summed E-state index contributed by atoms with van der Waals surface area (Å²) in [6.07, 6.45) is 2.10. The summed E-state index contributed by atoms with van der Waals surface area (Å²) in [4.78, 5) is 0. The lowest BCUT2D eigenvalue weighted by Crippen LogP contribution is -2.45. The number of halogens is 1. The van der Waals surface area contributed by atoms with E-state index < -0.39 is 10.0 Å². The third kappa shape index (κ3) is 4.44. The van der Waals surface area contributed by atoms with Crippen LogP contribution in [-0.4, -0.2) is 33.2 Å². The highest BCUT2D eigenvalue weighted by atomic mass is 35.5. The largest absolute Gasteiger partial charge is 0.356 e. The van der Waals surface area contributed by atoms with Gasteiger partial charge in [0.2, 0.25) is 10.0 Å². The summed E-state index contributed by atoms with van der Waals surface area (Å²) < 4.78 is 32.5. The minimum atomic E-state index is -3.43. The second kappa shape index (κ2) is 7.17. The van der Waals surface area contributed by atoms with Crippen LogP contribution in [0, 0.1) is 5.41 Å². The molecular formula is C15H22ClN3O3S. The lowest BCUT2D eigenvalue weighted by atomic mass is 9.83. The minimum absolute atomic E-state index is 0. The molecule has 0 amide bonds. The van der Waals surface area contributed by atoms with Gasteiger partial charge in [-0.1, -0.05) is 24.2 Å². The van der Waals surface area contributed by atoms with Gasteiger partial charge in [0.15, 0.2) is 5.58 Å². The quantitative estimate of drug-likeness (QED) is 0.853. The first kappa shape index (κ1) is 18.2. The summed E-state index contributed by atoms with van der Waals surface area (Å²) in [5.74, 6) is -0.159. The zero-order chi connectivity index (χ0) is 15.6. The molecule has 0 radical (unpaired) electrons. The van der Waals surface area contributed by atoms with Crippen molar-refractivity contribution in [1.29, 1.82) is 0 Å². The Balaban J connectivity index is 0.00000192. The number of sulfonamides is 1. The maximum absolute atomic E-state index is 12.3. The third-order valence-electron chi connectivity index (χ3n) is 4.18. The van der Waals surface area contributed by atoms with E-state index in [1.54, 1.807) is 6.07 Å². The van der Waals surface area contributed by atoms with Crippen LogP contribution >= 0.6 is 12.4 Å². The van der Waals surface area contributed by atoms with E-state index in [2.05, 4.69) is 22.1 Å². The Morgan fingerprint density at radius 1 is 1.39 bits per heavy atom. The summed E-state index contributed by atoms with van der Waals surface area (Å²) in [6.45, 7) is 4.39. The number of piperidine rings is 1. The molecule has 0 aliphatic carbocycles. The summed E-state index contributed by atoms with van der Waals surface area (Å²) in [5, 5.41) is 7.95. The van der Waals surface area contributed by atoms with Crippen LogP contribution < -0.4 is 10.0 Å². The number of hydrogen-bond acceptors (Lipinski definition) is 5. The Morgan fingerprint density at radius 2 is 2.17 bits per heavy atom. The molecule has 1 atom stereocenters. The molecule has 128 valence electrons. The van der Waals surface area contributed by atoms with E-state index in [-0.39, 0.29) is 23.6 Å². The average molecular weight is 360 g/mol. The summed E-state index contributed by atoms with van der Waals surface area (Å²) in [5.41, 5.74) is 1.03. The first-order chi connectivity index (χ1) is 10.5. The second-order valence-electron chi connectivity index (χ2n) is 6.30. The fourth-order valence-corrected chi connectivity index (χ4v) is 4.07. The molecule has 2 aromatic rings. The van der Waals surface area contributed by atoms with E-state index in [1.165, 1.54) is 0 Å². The summed E-state index contributed by atoms with van der Waals surface area (Å²) in [7, 11) is -3.43. The van der Waals surface area contributed by atoms with Crippen molar-refractivity contribution < 1.29 is 12.9 Å². The van der Waals surface area contributed by atoms with Crippen LogP contribution in [0.2, 0.25) is 0 Å². The van der Waals surface area contributed by atoms with Gasteiger partial charge in [-0.05, 0) is 36.9 Å². The van der Waals surface area contributed by atoms with Crippen molar-refractivity contribution in [2.75, 3.05) is 19.6 Å². The molecule has 0 spiro atoms. The lowest BCUT2D eigenvalue weighted by Gasteiger charge is -2.34. The minimum Gasteiger partial charge on any atom is -0.356 e. The van der Waals surface area contributed by atoms with Gasteiger partial charge < -0.3 is 9.84 Å². The van der Waals surface area contributed by atoms with Crippen molar-refractivity contribution in [3.05, 3.63) is 30.0 Å². The molecule has 2 N–H and O–H groups in total. The number of hydrogen-bond donors (Lipinski definition) is 2. The van der Waals surface area contributed by atoms with Crippen molar-refractivity contribution in [2.24, 2.45) is 5.41 Å². The molecule has 23 heavy (non-hydrogen) atoms. The van der Waals surface area contributed by atoms with E-state index in [1.807, 2.05) is 18.2 Å². The first-order valence-electron chi connectivity index (χ1n) is 7.49. The zero-order valence-electron chi connectivity index (χ0n) is 13.0. The van der Waals surface area contributed by atoms with Gasteiger partial charge in [-0.25, -0.2) is 13.1 Å². The van der Waals surface area contributed by atoms with Crippen LogP contribution in [0.4, 0.5) is 0 Å². The number of fused-ring (bicyclic) bond motifs is 1. The highest BCUT2D eigenvalue weighted by Gasteiger charge is 2.28. The molecule has 1 aliphatic heterocycles. The maximum Gasteiger partial charge on any atom is 0.217 e. The second-order valence-corrected chi connectivity index (χ2v) is 8.10. The van der Waals surface area contributed by atoms with Gasteiger partial charge in [-0.3, -0.25) is 0 Å². The lowest BCUT2D eigenvalue weighted by molar-refractivity contribution is 0.238. The number of nitrogens with zero attached hydrogens (tertiary/aromatic N) is 1. The summed E-state index contributed by atoms with van der Waals surface area (Å²) in [6, 6.07) is 7.28. The predicted molar refractivity (Wildman–Crippen MR) is 92.1 cm³/mol. The van der Waals surface area contributed by atoms with Crippen molar-refractivity contribution in [2.45, 2.75) is 25.5 Å². The van der Waals surface area contributed by atoms with Gasteiger partial charge in [-0.15, -0.1) is 12.4 Å². The molecule has 0 bridgehead atoms. The smallest absolute Gasteiger partial charge is 0.217 e. The van der Waals surface area contributed by atoms with E-state index in [0.717, 1.165) is 31.3 Å². The van der Waals surface area contributed by atoms with E-state index in [9.17, 15) is 8.42 Å². The molecule has 6 nitrogen and oxygen atoms in total. The third-order valence-corrected chi connectivity index (χ3v) is 5.42. The SMILES string of the molecule is CC1(CNS(=O)(=O)Cc2noc3ccccc23)CCCNC1.Cl. The standard InChI is InChI=1S/C15H21N3O3S.ClH/c1-15(7-4-8-16-10-15)11-17-22(19,20)9-13-12-5-2-3-6-14(12)21-18-13;/h2-3,5-6,16-17H,4,7-11H2,1H3;1H. The van der Waals surface area contributed by atoms with Crippen LogP contribution in [0.1, 0.15) is 25.5 Å². The predicted octanol–water partition coefficient (Wildman–Crippen LogP) is 2.06. The van der Waals surface area contributed by atoms with Crippen LogP contribution in [-0.2, 0) is 15.8 Å². The van der Waals surface area contributed by atoms with Gasteiger partial charge >= 0.3 is 0 Å². The van der Waals surface area contributed by atoms with Crippen molar-refractivity contribution in [1.82, 2.24) is 15.2 Å². The number of aromatic nitrogens is 1. The van der Waals surface area contributed by atoms with Crippen LogP contribution in [0.3, 0.4) is 0 Å². The molecule has 1 aromatic carbocycles. The molecule has 1 saturated heterocycles. The number of benzene rings is 1. The molecule has 8 heteroatoms. The van der Waals surface area contributed by atoms with Crippen molar-refractivity contribution in [3.63, 3.8) is 0 Å². The molecule has 0 saturated carbocycles. The highest BCUT2D eigenvalue weighted by molar-refractivity contribution is 7.88. The van der Waals surface area contributed by atoms with Gasteiger partial charge in [0.1, 0.15) is 11.4 Å². The number of rotatable bonds is 5. The van der Waals surface area contributed by atoms with Crippen LogP contribution in [0.25, 0.3) is 11.0 Å². The summed E-state index contributed by atoms with van der Waals surface area (Å²) >= 11 is 0. The van der Waals surface area contributed by atoms with Crippen LogP contribution in [0.15, 0.2) is 28.8 Å². The van der Waals surface area contributed by atoms with Gasteiger partial charge in [-0.2, -0.15) is 0 Å². The van der Waals surface area contributed by atoms with Crippen molar-refractivity contribution in [3.8, 4) is 0 Å².